The second kappa shape index (κ2) is 11.8. The molecular formula is C26H32ClN3O4. The van der Waals surface area contributed by atoms with Crippen LogP contribution in [0, 0.1) is 5.92 Å². The number of carbonyl (C=O) groups excluding carboxylic acids is 2. The van der Waals surface area contributed by atoms with Crippen LogP contribution in [-0.2, 0) is 9.59 Å². The van der Waals surface area contributed by atoms with Crippen molar-refractivity contribution in [1.82, 2.24) is 4.90 Å². The molecule has 0 aliphatic carbocycles. The Bertz CT molecular complexity index is 1050. The molecule has 3 rings (SSSR count). The number of piperazine rings is 1. The summed E-state index contributed by atoms with van der Waals surface area (Å²) >= 11 is 6.22. The number of hydrogen-bond donors (Lipinski definition) is 1. The van der Waals surface area contributed by atoms with Gasteiger partial charge in [-0.3, -0.25) is 9.59 Å². The van der Waals surface area contributed by atoms with Crippen LogP contribution in [0.1, 0.15) is 26.3 Å². The first-order chi connectivity index (χ1) is 16.3. The lowest BCUT2D eigenvalue weighted by Crippen LogP contribution is -2.50. The lowest BCUT2D eigenvalue weighted by atomic mass is 10.1. The van der Waals surface area contributed by atoms with Gasteiger partial charge in [-0.25, -0.2) is 0 Å². The van der Waals surface area contributed by atoms with Gasteiger partial charge < -0.3 is 24.6 Å². The molecule has 0 unspecified atom stereocenters. The average molecular weight is 486 g/mol. The number of anilines is 2. The molecule has 1 heterocycles. The molecule has 182 valence electrons. The number of hydrogen-bond acceptors (Lipinski definition) is 5. The van der Waals surface area contributed by atoms with Gasteiger partial charge in [-0.15, -0.1) is 0 Å². The zero-order valence-electron chi connectivity index (χ0n) is 20.1. The first kappa shape index (κ1) is 25.4. The van der Waals surface area contributed by atoms with Crippen LogP contribution in [0.3, 0.4) is 0 Å². The first-order valence-electron chi connectivity index (χ1n) is 11.5. The highest BCUT2D eigenvalue weighted by atomic mass is 35.5. The van der Waals surface area contributed by atoms with E-state index in [-0.39, 0.29) is 17.7 Å². The van der Waals surface area contributed by atoms with Crippen molar-refractivity contribution in [2.24, 2.45) is 5.92 Å². The summed E-state index contributed by atoms with van der Waals surface area (Å²) in [5.74, 6) is 1.14. The molecule has 1 saturated heterocycles. The van der Waals surface area contributed by atoms with Crippen molar-refractivity contribution in [3.05, 3.63) is 53.1 Å². The highest BCUT2D eigenvalue weighted by molar-refractivity contribution is 6.31. The monoisotopic (exact) mass is 485 g/mol. The summed E-state index contributed by atoms with van der Waals surface area (Å²) in [7, 11) is 1.58. The van der Waals surface area contributed by atoms with Crippen molar-refractivity contribution in [3.63, 3.8) is 0 Å². The molecule has 0 aromatic heterocycles. The maximum absolute atomic E-state index is 12.7. The number of benzene rings is 2. The molecule has 0 bridgehead atoms. The normalized spacial score (nSPS) is 13.9. The van der Waals surface area contributed by atoms with Crippen LogP contribution < -0.4 is 19.7 Å². The van der Waals surface area contributed by atoms with E-state index in [2.05, 4.69) is 10.2 Å². The number of nitrogens with zero attached hydrogens (tertiary/aromatic N) is 2. The molecule has 0 atom stereocenters. The Balaban J connectivity index is 1.69. The predicted octanol–water partition coefficient (Wildman–Crippen LogP) is 4.70. The Morgan fingerprint density at radius 2 is 1.82 bits per heavy atom. The van der Waals surface area contributed by atoms with Crippen LogP contribution in [0.4, 0.5) is 11.4 Å². The van der Waals surface area contributed by atoms with E-state index in [9.17, 15) is 9.59 Å². The fourth-order valence-electron chi connectivity index (χ4n) is 3.83. The number of halogens is 1. The summed E-state index contributed by atoms with van der Waals surface area (Å²) in [5.41, 5.74) is 2.33. The van der Waals surface area contributed by atoms with Gasteiger partial charge in [0.25, 0.3) is 0 Å². The van der Waals surface area contributed by atoms with Crippen LogP contribution in [0.15, 0.2) is 42.5 Å². The molecule has 7 nitrogen and oxygen atoms in total. The van der Waals surface area contributed by atoms with Gasteiger partial charge >= 0.3 is 0 Å². The highest BCUT2D eigenvalue weighted by Gasteiger charge is 2.24. The number of amides is 2. The van der Waals surface area contributed by atoms with Crippen LogP contribution in [0.5, 0.6) is 11.5 Å². The van der Waals surface area contributed by atoms with Crippen molar-refractivity contribution in [2.75, 3.05) is 50.1 Å². The maximum Gasteiger partial charge on any atom is 0.248 e. The van der Waals surface area contributed by atoms with Crippen molar-refractivity contribution >= 4 is 40.9 Å². The summed E-state index contributed by atoms with van der Waals surface area (Å²) in [6.45, 7) is 8.94. The van der Waals surface area contributed by atoms with Gasteiger partial charge in [0.15, 0.2) is 11.5 Å². The van der Waals surface area contributed by atoms with E-state index >= 15 is 0 Å². The Kier molecular flexibility index (Phi) is 8.82. The van der Waals surface area contributed by atoms with Crippen molar-refractivity contribution in [1.29, 1.82) is 0 Å². The number of nitrogens with one attached hydrogen (secondary N) is 1. The lowest BCUT2D eigenvalue weighted by molar-refractivity contribution is -0.134. The number of rotatable bonds is 8. The Morgan fingerprint density at radius 1 is 1.09 bits per heavy atom. The Labute approximate surface area is 206 Å². The molecule has 1 fully saturated rings. The molecule has 2 aromatic rings. The lowest BCUT2D eigenvalue weighted by Gasteiger charge is -2.37. The summed E-state index contributed by atoms with van der Waals surface area (Å²) < 4.78 is 10.9. The highest BCUT2D eigenvalue weighted by Crippen LogP contribution is 2.31. The number of carbonyl (C=O) groups is 2. The minimum absolute atomic E-state index is 0.0148. The molecule has 2 aromatic carbocycles. The quantitative estimate of drug-likeness (QED) is 0.548. The van der Waals surface area contributed by atoms with Crippen LogP contribution in [-0.4, -0.2) is 56.6 Å². The third-order valence-electron chi connectivity index (χ3n) is 5.56. The second-order valence-corrected chi connectivity index (χ2v) is 8.73. The van der Waals surface area contributed by atoms with Crippen molar-refractivity contribution in [3.8, 4) is 11.5 Å². The van der Waals surface area contributed by atoms with Crippen molar-refractivity contribution in [2.45, 2.75) is 20.8 Å². The third kappa shape index (κ3) is 6.44. The van der Waals surface area contributed by atoms with E-state index in [1.54, 1.807) is 25.3 Å². The molecular weight excluding hydrogens is 454 g/mol. The largest absolute Gasteiger partial charge is 0.493 e. The Hall–Kier alpha value is -3.19. The standard InChI is InChI=1S/C26H32ClN3O4/c1-5-34-23-10-6-19(16-24(23)33-4)7-11-25(31)28-21-17-20(27)8-9-22(21)29-12-14-30(15-13-29)26(32)18(2)3/h6-11,16-18H,5,12-15H2,1-4H3,(H,28,31)/b11-7+. The smallest absolute Gasteiger partial charge is 0.248 e. The van der Waals surface area contributed by atoms with E-state index in [0.29, 0.717) is 55.0 Å². The molecule has 8 heteroatoms. The van der Waals surface area contributed by atoms with Gasteiger partial charge in [0, 0.05) is 43.2 Å². The van der Waals surface area contributed by atoms with Crippen LogP contribution in [0.25, 0.3) is 6.08 Å². The molecule has 34 heavy (non-hydrogen) atoms. The van der Waals surface area contributed by atoms with Gasteiger partial charge in [-0.1, -0.05) is 31.5 Å². The van der Waals surface area contributed by atoms with E-state index in [1.165, 1.54) is 6.08 Å². The van der Waals surface area contributed by atoms with Gasteiger partial charge in [0.1, 0.15) is 0 Å². The third-order valence-corrected chi connectivity index (χ3v) is 5.79. The van der Waals surface area contributed by atoms with Crippen molar-refractivity contribution < 1.29 is 19.1 Å². The average Bonchev–Trinajstić information content (AvgIpc) is 2.83. The number of methoxy groups -OCH3 is 1. The number of ether oxygens (including phenoxy) is 2. The summed E-state index contributed by atoms with van der Waals surface area (Å²) in [6.07, 6.45) is 3.19. The summed E-state index contributed by atoms with van der Waals surface area (Å²) in [6, 6.07) is 10.9. The predicted molar refractivity (Wildman–Crippen MR) is 137 cm³/mol. The second-order valence-electron chi connectivity index (χ2n) is 8.29. The zero-order valence-corrected chi connectivity index (χ0v) is 20.9. The van der Waals surface area contributed by atoms with E-state index in [1.807, 2.05) is 49.9 Å². The molecule has 1 N–H and O–H groups in total. The van der Waals surface area contributed by atoms with Gasteiger partial charge in [-0.2, -0.15) is 0 Å². The van der Waals surface area contributed by atoms with Gasteiger partial charge in [0.2, 0.25) is 11.8 Å². The van der Waals surface area contributed by atoms with Crippen LogP contribution in [0.2, 0.25) is 5.02 Å². The van der Waals surface area contributed by atoms with Crippen LogP contribution >= 0.6 is 11.6 Å². The minimum Gasteiger partial charge on any atom is -0.493 e. The minimum atomic E-state index is -0.273. The molecule has 0 spiro atoms. The zero-order chi connectivity index (χ0) is 24.7. The Morgan fingerprint density at radius 3 is 2.47 bits per heavy atom. The van der Waals surface area contributed by atoms with Gasteiger partial charge in [0.05, 0.1) is 25.1 Å². The summed E-state index contributed by atoms with van der Waals surface area (Å²) in [4.78, 5) is 29.0. The molecule has 2 amide bonds. The van der Waals surface area contributed by atoms with Gasteiger partial charge in [-0.05, 0) is 48.9 Å². The maximum atomic E-state index is 12.7. The summed E-state index contributed by atoms with van der Waals surface area (Å²) in [5, 5.41) is 3.48. The van der Waals surface area contributed by atoms with E-state index < -0.39 is 0 Å². The molecule has 0 radical (unpaired) electrons. The van der Waals surface area contributed by atoms with E-state index in [0.717, 1.165) is 11.3 Å². The molecule has 0 saturated carbocycles. The SMILES string of the molecule is CCOc1ccc(/C=C/C(=O)Nc2cc(Cl)ccc2N2CCN(C(=O)C(C)C)CC2)cc1OC. The molecule has 1 aliphatic rings. The first-order valence-corrected chi connectivity index (χ1v) is 11.8. The van der Waals surface area contributed by atoms with E-state index in [4.69, 9.17) is 21.1 Å². The molecule has 1 aliphatic heterocycles. The topological polar surface area (TPSA) is 71.1 Å². The fraction of sp³-hybridized carbons (Fsp3) is 0.385. The fourth-order valence-corrected chi connectivity index (χ4v) is 4.00.